The molecule has 3 aromatic rings. The maximum atomic E-state index is 12.4. The third-order valence-electron chi connectivity index (χ3n) is 3.47. The topological polar surface area (TPSA) is 51.5 Å². The molecule has 0 atom stereocenters. The van der Waals surface area contributed by atoms with Gasteiger partial charge in [-0.15, -0.1) is 13.2 Å². The van der Waals surface area contributed by atoms with Crippen LogP contribution in [-0.2, 0) is 0 Å². The fourth-order valence-electron chi connectivity index (χ4n) is 2.35. The molecule has 4 nitrogen and oxygen atoms in total. The molecule has 0 saturated carbocycles. The van der Waals surface area contributed by atoms with Crippen LogP contribution in [0.4, 0.5) is 18.9 Å². The molecule has 8 heteroatoms. The van der Waals surface area contributed by atoms with Gasteiger partial charge in [0.25, 0.3) is 5.91 Å². The number of aryl methyl sites for hydroxylation is 1. The fraction of sp³-hybridized carbons (Fsp3) is 0.118. The summed E-state index contributed by atoms with van der Waals surface area (Å²) in [6.45, 7) is 1.72. The van der Waals surface area contributed by atoms with E-state index in [-0.39, 0.29) is 11.5 Å². The number of carbonyl (C=O) groups is 1. The van der Waals surface area contributed by atoms with Gasteiger partial charge in [0.1, 0.15) is 5.75 Å². The minimum absolute atomic E-state index is 0.0821. The Labute approximate surface area is 145 Å². The maximum Gasteiger partial charge on any atom is 0.573 e. The molecule has 0 saturated heterocycles. The zero-order valence-electron chi connectivity index (χ0n) is 12.8. The third kappa shape index (κ3) is 3.71. The minimum Gasteiger partial charge on any atom is -0.449 e. The van der Waals surface area contributed by atoms with Crippen LogP contribution in [0.15, 0.2) is 46.9 Å². The molecule has 0 spiro atoms. The van der Waals surface area contributed by atoms with Gasteiger partial charge in [0.2, 0.25) is 0 Å². The Morgan fingerprint density at radius 1 is 1.16 bits per heavy atom. The van der Waals surface area contributed by atoms with Crippen molar-refractivity contribution < 1.29 is 27.1 Å². The first-order chi connectivity index (χ1) is 11.7. The average Bonchev–Trinajstić information content (AvgIpc) is 2.87. The van der Waals surface area contributed by atoms with Gasteiger partial charge in [0.15, 0.2) is 11.3 Å². The van der Waals surface area contributed by atoms with Crippen LogP contribution < -0.4 is 10.1 Å². The standard InChI is InChI=1S/C17H11ClF3NO3/c1-9-12-3-2-4-13(18)15(12)24-14(9)16(23)22-10-5-7-11(8-6-10)25-17(19,20)21/h2-8H,1H3,(H,22,23). The number of hydrogen-bond donors (Lipinski definition) is 1. The molecular weight excluding hydrogens is 359 g/mol. The number of para-hydroxylation sites is 1. The molecule has 0 aliphatic rings. The van der Waals surface area contributed by atoms with Gasteiger partial charge in [-0.1, -0.05) is 23.7 Å². The van der Waals surface area contributed by atoms with Crippen molar-refractivity contribution in [2.75, 3.05) is 5.32 Å². The molecule has 2 aromatic carbocycles. The second-order valence-electron chi connectivity index (χ2n) is 5.20. The Morgan fingerprint density at radius 2 is 1.84 bits per heavy atom. The highest BCUT2D eigenvalue weighted by Gasteiger charge is 2.31. The number of halogens is 4. The molecule has 1 amide bonds. The summed E-state index contributed by atoms with van der Waals surface area (Å²) in [7, 11) is 0. The number of furan rings is 1. The monoisotopic (exact) mass is 369 g/mol. The van der Waals surface area contributed by atoms with Crippen molar-refractivity contribution in [2.45, 2.75) is 13.3 Å². The third-order valence-corrected chi connectivity index (χ3v) is 3.77. The van der Waals surface area contributed by atoms with E-state index in [1.54, 1.807) is 25.1 Å². The van der Waals surface area contributed by atoms with Gasteiger partial charge in [-0.05, 0) is 37.3 Å². The van der Waals surface area contributed by atoms with E-state index < -0.39 is 12.3 Å². The number of nitrogens with one attached hydrogen (secondary N) is 1. The summed E-state index contributed by atoms with van der Waals surface area (Å²) in [6, 6.07) is 9.97. The molecule has 1 heterocycles. The number of anilines is 1. The molecule has 0 bridgehead atoms. The van der Waals surface area contributed by atoms with E-state index in [0.717, 1.165) is 12.1 Å². The van der Waals surface area contributed by atoms with Gasteiger partial charge in [-0.2, -0.15) is 0 Å². The molecule has 0 aliphatic heterocycles. The first kappa shape index (κ1) is 17.2. The van der Waals surface area contributed by atoms with E-state index in [2.05, 4.69) is 10.1 Å². The lowest BCUT2D eigenvalue weighted by Crippen LogP contribution is -2.17. The molecule has 0 aliphatic carbocycles. The molecule has 0 fully saturated rings. The molecule has 0 unspecified atom stereocenters. The predicted molar refractivity (Wildman–Crippen MR) is 87.0 cm³/mol. The van der Waals surface area contributed by atoms with E-state index in [1.807, 2.05) is 0 Å². The van der Waals surface area contributed by atoms with Crippen molar-refractivity contribution in [1.29, 1.82) is 0 Å². The van der Waals surface area contributed by atoms with Gasteiger partial charge in [0, 0.05) is 16.6 Å². The van der Waals surface area contributed by atoms with Gasteiger partial charge in [-0.3, -0.25) is 4.79 Å². The SMILES string of the molecule is Cc1c(C(=O)Nc2ccc(OC(F)(F)F)cc2)oc2c(Cl)cccc12. The lowest BCUT2D eigenvalue weighted by Gasteiger charge is -2.09. The fourth-order valence-corrected chi connectivity index (χ4v) is 2.57. The van der Waals surface area contributed by atoms with Crippen LogP contribution in [0, 0.1) is 6.92 Å². The molecule has 3 rings (SSSR count). The van der Waals surface area contributed by atoms with Crippen LogP contribution in [0.1, 0.15) is 16.1 Å². The van der Waals surface area contributed by atoms with E-state index in [4.69, 9.17) is 16.0 Å². The predicted octanol–water partition coefficient (Wildman–Crippen LogP) is 5.55. The Balaban J connectivity index is 1.81. The number of rotatable bonds is 3. The van der Waals surface area contributed by atoms with E-state index >= 15 is 0 Å². The van der Waals surface area contributed by atoms with Crippen LogP contribution in [0.3, 0.4) is 0 Å². The Kier molecular flexibility index (Phi) is 4.34. The first-order valence-corrected chi connectivity index (χ1v) is 7.47. The summed E-state index contributed by atoms with van der Waals surface area (Å²) >= 11 is 6.05. The lowest BCUT2D eigenvalue weighted by molar-refractivity contribution is -0.274. The summed E-state index contributed by atoms with van der Waals surface area (Å²) in [5.41, 5.74) is 1.32. The quantitative estimate of drug-likeness (QED) is 0.659. The second kappa shape index (κ2) is 6.33. The molecule has 1 aromatic heterocycles. The highest BCUT2D eigenvalue weighted by atomic mass is 35.5. The first-order valence-electron chi connectivity index (χ1n) is 7.09. The van der Waals surface area contributed by atoms with Crippen molar-refractivity contribution in [3.63, 3.8) is 0 Å². The smallest absolute Gasteiger partial charge is 0.449 e. The van der Waals surface area contributed by atoms with E-state index in [0.29, 0.717) is 27.2 Å². The molecule has 130 valence electrons. The molecule has 0 radical (unpaired) electrons. The van der Waals surface area contributed by atoms with Crippen LogP contribution >= 0.6 is 11.6 Å². The van der Waals surface area contributed by atoms with Crippen LogP contribution in [0.2, 0.25) is 5.02 Å². The highest BCUT2D eigenvalue weighted by Crippen LogP contribution is 2.31. The number of ether oxygens (including phenoxy) is 1. The van der Waals surface area contributed by atoms with Crippen LogP contribution in [0.5, 0.6) is 5.75 Å². The number of amides is 1. The normalized spacial score (nSPS) is 11.6. The van der Waals surface area contributed by atoms with E-state index in [9.17, 15) is 18.0 Å². The van der Waals surface area contributed by atoms with Crippen molar-refractivity contribution in [3.8, 4) is 5.75 Å². The lowest BCUT2D eigenvalue weighted by atomic mass is 10.1. The Morgan fingerprint density at radius 3 is 2.44 bits per heavy atom. The van der Waals surface area contributed by atoms with Gasteiger partial charge < -0.3 is 14.5 Å². The molecule has 25 heavy (non-hydrogen) atoms. The zero-order valence-corrected chi connectivity index (χ0v) is 13.5. The largest absolute Gasteiger partial charge is 0.573 e. The maximum absolute atomic E-state index is 12.4. The molecular formula is C17H11ClF3NO3. The van der Waals surface area contributed by atoms with Gasteiger partial charge >= 0.3 is 6.36 Å². The van der Waals surface area contributed by atoms with Gasteiger partial charge in [-0.25, -0.2) is 0 Å². The van der Waals surface area contributed by atoms with Crippen molar-refractivity contribution in [3.05, 3.63) is 58.8 Å². The number of carbonyl (C=O) groups excluding carboxylic acids is 1. The zero-order chi connectivity index (χ0) is 18.2. The Bertz CT molecular complexity index is 933. The van der Waals surface area contributed by atoms with Crippen molar-refractivity contribution in [1.82, 2.24) is 0 Å². The summed E-state index contributed by atoms with van der Waals surface area (Å²) in [4.78, 5) is 12.4. The summed E-state index contributed by atoms with van der Waals surface area (Å²) in [5, 5.41) is 3.65. The average molecular weight is 370 g/mol. The number of benzene rings is 2. The number of hydrogen-bond acceptors (Lipinski definition) is 3. The second-order valence-corrected chi connectivity index (χ2v) is 5.61. The molecule has 1 N–H and O–H groups in total. The van der Waals surface area contributed by atoms with Crippen LogP contribution in [-0.4, -0.2) is 12.3 Å². The Hall–Kier alpha value is -2.67. The number of fused-ring (bicyclic) bond motifs is 1. The summed E-state index contributed by atoms with van der Waals surface area (Å²) < 4.78 is 45.7. The van der Waals surface area contributed by atoms with Crippen molar-refractivity contribution >= 4 is 34.2 Å². The summed E-state index contributed by atoms with van der Waals surface area (Å²) in [5.74, 6) is -0.829. The van der Waals surface area contributed by atoms with Crippen molar-refractivity contribution in [2.24, 2.45) is 0 Å². The van der Waals surface area contributed by atoms with Crippen LogP contribution in [0.25, 0.3) is 11.0 Å². The number of alkyl halides is 3. The van der Waals surface area contributed by atoms with E-state index in [1.165, 1.54) is 12.1 Å². The summed E-state index contributed by atoms with van der Waals surface area (Å²) in [6.07, 6.45) is -4.77. The van der Waals surface area contributed by atoms with Gasteiger partial charge in [0.05, 0.1) is 5.02 Å². The minimum atomic E-state index is -4.77. The highest BCUT2D eigenvalue weighted by molar-refractivity contribution is 6.35.